The van der Waals surface area contributed by atoms with Gasteiger partial charge >= 0.3 is 0 Å². The van der Waals surface area contributed by atoms with Gasteiger partial charge in [0.1, 0.15) is 0 Å². The summed E-state index contributed by atoms with van der Waals surface area (Å²) in [6.45, 7) is 6.71. The maximum absolute atomic E-state index is 12.4. The molecule has 1 saturated heterocycles. The van der Waals surface area contributed by atoms with Crippen LogP contribution in [-0.2, 0) is 17.8 Å². The summed E-state index contributed by atoms with van der Waals surface area (Å²) in [5, 5.41) is 3.06. The summed E-state index contributed by atoms with van der Waals surface area (Å²) in [6.07, 6.45) is 2.56. The molecule has 3 aromatic rings. The number of nitrogens with zero attached hydrogens (tertiary/aromatic N) is 3. The van der Waals surface area contributed by atoms with Gasteiger partial charge in [-0.15, -0.1) is 0 Å². The third-order valence-corrected chi connectivity index (χ3v) is 5.77. The molecular weight excluding hydrogens is 388 g/mol. The summed E-state index contributed by atoms with van der Waals surface area (Å²) in [7, 11) is 2.15. The number of rotatable bonds is 7. The van der Waals surface area contributed by atoms with Crippen LogP contribution in [0.15, 0.2) is 59.1 Å². The van der Waals surface area contributed by atoms with Crippen LogP contribution in [0, 0.1) is 6.92 Å². The zero-order valence-corrected chi connectivity index (χ0v) is 18.3. The van der Waals surface area contributed by atoms with Crippen molar-refractivity contribution in [2.45, 2.75) is 26.3 Å². The van der Waals surface area contributed by atoms with Crippen LogP contribution < -0.4 is 10.2 Å². The van der Waals surface area contributed by atoms with Crippen molar-refractivity contribution in [2.24, 2.45) is 0 Å². The quantitative estimate of drug-likeness (QED) is 0.635. The van der Waals surface area contributed by atoms with Crippen molar-refractivity contribution in [3.8, 4) is 11.3 Å². The minimum Gasteiger partial charge on any atom is -0.441 e. The molecule has 162 valence electrons. The second-order valence-electron chi connectivity index (χ2n) is 8.18. The second-order valence-corrected chi connectivity index (χ2v) is 8.18. The molecule has 1 aliphatic rings. The summed E-state index contributed by atoms with van der Waals surface area (Å²) in [6, 6.07) is 16.5. The smallest absolute Gasteiger partial charge is 0.220 e. The highest BCUT2D eigenvalue weighted by molar-refractivity contribution is 5.76. The predicted octanol–water partition coefficient (Wildman–Crippen LogP) is 3.65. The Labute approximate surface area is 183 Å². The molecule has 6 heteroatoms. The number of piperazine rings is 1. The number of likely N-dealkylation sites (N-methyl/N-ethyl adjacent to an activating group) is 1. The summed E-state index contributed by atoms with van der Waals surface area (Å²) in [4.78, 5) is 21.5. The van der Waals surface area contributed by atoms with Gasteiger partial charge < -0.3 is 19.5 Å². The van der Waals surface area contributed by atoms with Crippen LogP contribution in [0.25, 0.3) is 11.3 Å². The zero-order chi connectivity index (χ0) is 21.6. The van der Waals surface area contributed by atoms with E-state index in [0.717, 1.165) is 43.1 Å². The molecule has 4 rings (SSSR count). The molecule has 0 spiro atoms. The molecule has 6 nitrogen and oxygen atoms in total. The Morgan fingerprint density at radius 3 is 2.58 bits per heavy atom. The Bertz CT molecular complexity index is 1000. The first-order valence-electron chi connectivity index (χ1n) is 10.9. The van der Waals surface area contributed by atoms with Crippen LogP contribution in [-0.4, -0.2) is 49.0 Å². The molecule has 1 N–H and O–H groups in total. The molecule has 0 unspecified atom stereocenters. The number of nitrogens with one attached hydrogen (secondary N) is 1. The van der Waals surface area contributed by atoms with Crippen molar-refractivity contribution >= 4 is 11.6 Å². The van der Waals surface area contributed by atoms with Crippen molar-refractivity contribution in [3.05, 3.63) is 71.7 Å². The van der Waals surface area contributed by atoms with Gasteiger partial charge in [0.05, 0.1) is 6.20 Å². The van der Waals surface area contributed by atoms with Gasteiger partial charge in [-0.25, -0.2) is 4.98 Å². The molecule has 0 bridgehead atoms. The number of hydrogen-bond donors (Lipinski definition) is 1. The highest BCUT2D eigenvalue weighted by Gasteiger charge is 2.17. The van der Waals surface area contributed by atoms with Crippen LogP contribution >= 0.6 is 0 Å². The number of aryl methyl sites for hydroxylation is 2. The molecule has 1 aliphatic heterocycles. The lowest BCUT2D eigenvalue weighted by Gasteiger charge is -2.35. The van der Waals surface area contributed by atoms with Crippen molar-refractivity contribution in [3.63, 3.8) is 0 Å². The lowest BCUT2D eigenvalue weighted by Crippen LogP contribution is -2.45. The van der Waals surface area contributed by atoms with Gasteiger partial charge in [0.15, 0.2) is 11.7 Å². The number of carbonyl (C=O) groups excluding carboxylic acids is 1. The molecule has 1 fully saturated rings. The maximum Gasteiger partial charge on any atom is 0.220 e. The minimum atomic E-state index is 0.00302. The largest absolute Gasteiger partial charge is 0.441 e. The maximum atomic E-state index is 12.4. The fraction of sp³-hybridized carbons (Fsp3) is 0.360. The summed E-state index contributed by atoms with van der Waals surface area (Å²) >= 11 is 0. The average Bonchev–Trinajstić information content (AvgIpc) is 3.27. The normalized spacial score (nSPS) is 14.6. The number of para-hydroxylation sites is 1. The predicted molar refractivity (Wildman–Crippen MR) is 123 cm³/mol. The van der Waals surface area contributed by atoms with Crippen molar-refractivity contribution < 1.29 is 9.21 Å². The highest BCUT2D eigenvalue weighted by Crippen LogP contribution is 2.23. The standard InChI is InChI=1S/C25H30N4O2/c1-19-7-9-20(10-8-19)23-18-27-25(31-23)12-11-24(30)26-17-21-5-3-4-6-22(21)29-15-13-28(2)14-16-29/h3-10,18H,11-17H2,1-2H3,(H,26,30). The molecule has 31 heavy (non-hydrogen) atoms. The number of benzene rings is 2. The zero-order valence-electron chi connectivity index (χ0n) is 18.3. The Kier molecular flexibility index (Phi) is 6.67. The number of hydrogen-bond acceptors (Lipinski definition) is 5. The monoisotopic (exact) mass is 418 g/mol. The van der Waals surface area contributed by atoms with Crippen LogP contribution in [0.1, 0.15) is 23.4 Å². The first kappa shape index (κ1) is 21.1. The third kappa shape index (κ3) is 5.52. The van der Waals surface area contributed by atoms with Crippen molar-refractivity contribution in [1.82, 2.24) is 15.2 Å². The molecule has 0 radical (unpaired) electrons. The van der Waals surface area contributed by atoms with E-state index in [1.165, 1.54) is 11.3 Å². The van der Waals surface area contributed by atoms with E-state index in [1.54, 1.807) is 6.20 Å². The summed E-state index contributed by atoms with van der Waals surface area (Å²) in [5.74, 6) is 1.32. The van der Waals surface area contributed by atoms with Gasteiger partial charge in [-0.1, -0.05) is 48.0 Å². The van der Waals surface area contributed by atoms with Gasteiger partial charge in [0, 0.05) is 56.8 Å². The van der Waals surface area contributed by atoms with E-state index in [-0.39, 0.29) is 5.91 Å². The molecule has 0 aliphatic carbocycles. The lowest BCUT2D eigenvalue weighted by molar-refractivity contribution is -0.121. The Morgan fingerprint density at radius 1 is 1.06 bits per heavy atom. The number of carbonyl (C=O) groups is 1. The van der Waals surface area contributed by atoms with Crippen LogP contribution in [0.3, 0.4) is 0 Å². The number of anilines is 1. The van der Waals surface area contributed by atoms with E-state index in [9.17, 15) is 4.79 Å². The summed E-state index contributed by atoms with van der Waals surface area (Å²) < 4.78 is 5.83. The van der Waals surface area contributed by atoms with Gasteiger partial charge in [-0.3, -0.25) is 4.79 Å². The first-order chi connectivity index (χ1) is 15.1. The van der Waals surface area contributed by atoms with Crippen LogP contribution in [0.5, 0.6) is 0 Å². The second kappa shape index (κ2) is 9.79. The van der Waals surface area contributed by atoms with Crippen LogP contribution in [0.4, 0.5) is 5.69 Å². The minimum absolute atomic E-state index is 0.00302. The molecule has 1 aromatic heterocycles. The third-order valence-electron chi connectivity index (χ3n) is 5.77. The van der Waals surface area contributed by atoms with E-state index < -0.39 is 0 Å². The van der Waals surface area contributed by atoms with Gasteiger partial charge in [0.25, 0.3) is 0 Å². The van der Waals surface area contributed by atoms with Gasteiger partial charge in [-0.2, -0.15) is 0 Å². The average molecular weight is 419 g/mol. The van der Waals surface area contributed by atoms with Crippen LogP contribution in [0.2, 0.25) is 0 Å². The highest BCUT2D eigenvalue weighted by atomic mass is 16.4. The Morgan fingerprint density at radius 2 is 1.81 bits per heavy atom. The topological polar surface area (TPSA) is 61.6 Å². The van der Waals surface area contributed by atoms with E-state index in [2.05, 4.69) is 52.3 Å². The molecule has 0 saturated carbocycles. The lowest BCUT2D eigenvalue weighted by atomic mass is 10.1. The van der Waals surface area contributed by atoms with E-state index in [0.29, 0.717) is 25.3 Å². The molecule has 2 heterocycles. The number of amides is 1. The Hall–Kier alpha value is -3.12. The van der Waals surface area contributed by atoms with E-state index in [4.69, 9.17) is 4.42 Å². The number of aromatic nitrogens is 1. The molecule has 1 amide bonds. The molecule has 0 atom stereocenters. The van der Waals surface area contributed by atoms with Gasteiger partial charge in [0.2, 0.25) is 5.91 Å². The SMILES string of the molecule is Cc1ccc(-c2cnc(CCC(=O)NCc3ccccc3N3CCN(C)CC3)o2)cc1. The van der Waals surface area contributed by atoms with E-state index >= 15 is 0 Å². The molecule has 2 aromatic carbocycles. The van der Waals surface area contributed by atoms with Crippen molar-refractivity contribution in [2.75, 3.05) is 38.1 Å². The fourth-order valence-corrected chi connectivity index (χ4v) is 3.80. The molecular formula is C25H30N4O2. The Balaban J connectivity index is 1.29. The van der Waals surface area contributed by atoms with Gasteiger partial charge in [-0.05, 0) is 25.6 Å². The summed E-state index contributed by atoms with van der Waals surface area (Å²) in [5.41, 5.74) is 4.56. The van der Waals surface area contributed by atoms with Crippen molar-refractivity contribution in [1.29, 1.82) is 0 Å². The number of oxazole rings is 1. The fourth-order valence-electron chi connectivity index (χ4n) is 3.80. The first-order valence-corrected chi connectivity index (χ1v) is 10.9. The van der Waals surface area contributed by atoms with E-state index in [1.807, 2.05) is 30.3 Å².